The van der Waals surface area contributed by atoms with Gasteiger partial charge in [-0.05, 0) is 35.7 Å². The number of hydrogen-bond donors (Lipinski definition) is 1. The van der Waals surface area contributed by atoms with Gasteiger partial charge in [-0.2, -0.15) is 0 Å². The van der Waals surface area contributed by atoms with Gasteiger partial charge in [-0.1, -0.05) is 74.0 Å². The van der Waals surface area contributed by atoms with Crippen molar-refractivity contribution in [2.45, 2.75) is 24.7 Å². The van der Waals surface area contributed by atoms with Crippen LogP contribution in [0.2, 0.25) is 0 Å². The molecule has 0 heterocycles. The Balaban J connectivity index is 1.91. The molecule has 0 aliphatic carbocycles. The summed E-state index contributed by atoms with van der Waals surface area (Å²) >= 11 is 0. The van der Waals surface area contributed by atoms with Crippen LogP contribution in [0.25, 0.3) is 11.1 Å². The molecule has 0 fully saturated rings. The number of anilines is 1. The van der Waals surface area contributed by atoms with Gasteiger partial charge in [0.1, 0.15) is 0 Å². The quantitative estimate of drug-likeness (QED) is 0.671. The number of para-hydroxylation sites is 1. The summed E-state index contributed by atoms with van der Waals surface area (Å²) in [6.45, 7) is 2.10. The Morgan fingerprint density at radius 2 is 1.44 bits per heavy atom. The molecule has 3 nitrogen and oxygen atoms in total. The van der Waals surface area contributed by atoms with Crippen molar-refractivity contribution >= 4 is 15.7 Å². The molecule has 0 aromatic heterocycles. The van der Waals surface area contributed by atoms with Crippen molar-refractivity contribution in [3.05, 3.63) is 84.4 Å². The highest BCUT2D eigenvalue weighted by Crippen LogP contribution is 2.29. The Morgan fingerprint density at radius 3 is 2.12 bits per heavy atom. The SMILES string of the molecule is CCCc1ccc(S(=O)(=O)Nc2ccccc2-c2ccccc2)cc1. The number of nitrogens with one attached hydrogen (secondary N) is 1. The average molecular weight is 351 g/mol. The van der Waals surface area contributed by atoms with Gasteiger partial charge in [0.2, 0.25) is 0 Å². The van der Waals surface area contributed by atoms with Crippen LogP contribution in [0.5, 0.6) is 0 Å². The molecule has 0 unspecified atom stereocenters. The monoisotopic (exact) mass is 351 g/mol. The van der Waals surface area contributed by atoms with Crippen LogP contribution < -0.4 is 4.72 Å². The largest absolute Gasteiger partial charge is 0.279 e. The zero-order valence-corrected chi connectivity index (χ0v) is 15.0. The van der Waals surface area contributed by atoms with Crippen molar-refractivity contribution in [1.29, 1.82) is 0 Å². The predicted octanol–water partition coefficient (Wildman–Crippen LogP) is 5.11. The van der Waals surface area contributed by atoms with Crippen LogP contribution in [0, 0.1) is 0 Å². The van der Waals surface area contributed by atoms with E-state index in [1.165, 1.54) is 0 Å². The molecular weight excluding hydrogens is 330 g/mol. The molecule has 0 aliphatic rings. The van der Waals surface area contributed by atoms with Crippen LogP contribution in [-0.4, -0.2) is 8.42 Å². The molecule has 0 saturated heterocycles. The third kappa shape index (κ3) is 4.09. The first-order valence-electron chi connectivity index (χ1n) is 8.36. The van der Waals surface area contributed by atoms with Gasteiger partial charge in [0.15, 0.2) is 0 Å². The van der Waals surface area contributed by atoms with E-state index < -0.39 is 10.0 Å². The van der Waals surface area contributed by atoms with E-state index in [-0.39, 0.29) is 4.90 Å². The molecule has 0 bridgehead atoms. The number of rotatable bonds is 6. The molecule has 0 aliphatic heterocycles. The molecule has 0 spiro atoms. The average Bonchev–Trinajstić information content (AvgIpc) is 2.63. The molecule has 0 radical (unpaired) electrons. The minimum Gasteiger partial charge on any atom is -0.279 e. The van der Waals surface area contributed by atoms with Crippen molar-refractivity contribution in [1.82, 2.24) is 0 Å². The van der Waals surface area contributed by atoms with E-state index in [0.29, 0.717) is 5.69 Å². The Morgan fingerprint density at radius 1 is 0.800 bits per heavy atom. The number of benzene rings is 3. The fraction of sp³-hybridized carbons (Fsp3) is 0.143. The third-order valence-corrected chi connectivity index (χ3v) is 5.41. The van der Waals surface area contributed by atoms with Crippen LogP contribution >= 0.6 is 0 Å². The molecule has 3 rings (SSSR count). The fourth-order valence-electron chi connectivity index (χ4n) is 2.77. The molecule has 25 heavy (non-hydrogen) atoms. The van der Waals surface area contributed by atoms with Gasteiger partial charge < -0.3 is 0 Å². The Hall–Kier alpha value is -2.59. The van der Waals surface area contributed by atoms with Gasteiger partial charge in [0.05, 0.1) is 10.6 Å². The van der Waals surface area contributed by atoms with E-state index in [0.717, 1.165) is 29.5 Å². The summed E-state index contributed by atoms with van der Waals surface area (Å²) in [4.78, 5) is 0.273. The first-order valence-corrected chi connectivity index (χ1v) is 9.84. The highest BCUT2D eigenvalue weighted by atomic mass is 32.2. The number of aryl methyl sites for hydroxylation is 1. The first kappa shape index (κ1) is 17.2. The molecule has 0 atom stereocenters. The van der Waals surface area contributed by atoms with Gasteiger partial charge in [-0.15, -0.1) is 0 Å². The molecule has 1 N–H and O–H groups in total. The standard InChI is InChI=1S/C21H21NO2S/c1-2-8-17-13-15-19(16-14-17)25(23,24)22-21-12-7-6-11-20(21)18-9-4-3-5-10-18/h3-7,9-16,22H,2,8H2,1H3. The van der Waals surface area contributed by atoms with Crippen molar-refractivity contribution in [3.8, 4) is 11.1 Å². The van der Waals surface area contributed by atoms with Crippen LogP contribution in [-0.2, 0) is 16.4 Å². The normalized spacial score (nSPS) is 11.2. The van der Waals surface area contributed by atoms with Gasteiger partial charge in [0.25, 0.3) is 10.0 Å². The van der Waals surface area contributed by atoms with Crippen LogP contribution in [0.3, 0.4) is 0 Å². The molecule has 0 saturated carbocycles. The minimum atomic E-state index is -3.63. The lowest BCUT2D eigenvalue weighted by atomic mass is 10.0. The summed E-state index contributed by atoms with van der Waals surface area (Å²) in [5.74, 6) is 0. The highest BCUT2D eigenvalue weighted by Gasteiger charge is 2.16. The first-order chi connectivity index (χ1) is 12.1. The van der Waals surface area contributed by atoms with Crippen molar-refractivity contribution in [2.75, 3.05) is 4.72 Å². The smallest absolute Gasteiger partial charge is 0.261 e. The van der Waals surface area contributed by atoms with E-state index in [4.69, 9.17) is 0 Å². The van der Waals surface area contributed by atoms with Crippen LogP contribution in [0.4, 0.5) is 5.69 Å². The summed E-state index contributed by atoms with van der Waals surface area (Å²) in [5, 5.41) is 0. The van der Waals surface area contributed by atoms with E-state index in [9.17, 15) is 8.42 Å². The summed E-state index contributed by atoms with van der Waals surface area (Å²) in [6, 6.07) is 24.3. The lowest BCUT2D eigenvalue weighted by molar-refractivity contribution is 0.601. The van der Waals surface area contributed by atoms with Crippen molar-refractivity contribution in [2.24, 2.45) is 0 Å². The number of hydrogen-bond acceptors (Lipinski definition) is 2. The molecular formula is C21H21NO2S. The maximum absolute atomic E-state index is 12.7. The summed E-state index contributed by atoms with van der Waals surface area (Å²) < 4.78 is 28.2. The fourth-order valence-corrected chi connectivity index (χ4v) is 3.85. The topological polar surface area (TPSA) is 46.2 Å². The maximum Gasteiger partial charge on any atom is 0.261 e. The van der Waals surface area contributed by atoms with E-state index >= 15 is 0 Å². The second kappa shape index (κ2) is 7.53. The van der Waals surface area contributed by atoms with Crippen LogP contribution in [0.1, 0.15) is 18.9 Å². The number of sulfonamides is 1. The second-order valence-corrected chi connectivity index (χ2v) is 7.59. The highest BCUT2D eigenvalue weighted by molar-refractivity contribution is 7.92. The van der Waals surface area contributed by atoms with E-state index in [1.807, 2.05) is 60.7 Å². The summed E-state index contributed by atoms with van der Waals surface area (Å²) in [6.07, 6.45) is 1.99. The Bertz CT molecular complexity index is 933. The lowest BCUT2D eigenvalue weighted by Gasteiger charge is -2.13. The zero-order valence-electron chi connectivity index (χ0n) is 14.1. The van der Waals surface area contributed by atoms with Crippen LogP contribution in [0.15, 0.2) is 83.8 Å². The molecule has 3 aromatic rings. The minimum absolute atomic E-state index is 0.273. The Labute approximate surface area is 149 Å². The molecule has 3 aromatic carbocycles. The summed E-state index contributed by atoms with van der Waals surface area (Å²) in [5.41, 5.74) is 3.55. The predicted molar refractivity (Wildman–Crippen MR) is 103 cm³/mol. The molecule has 4 heteroatoms. The van der Waals surface area contributed by atoms with Gasteiger partial charge in [-0.3, -0.25) is 4.72 Å². The molecule has 128 valence electrons. The third-order valence-electron chi connectivity index (χ3n) is 4.03. The Kier molecular flexibility index (Phi) is 5.19. The summed E-state index contributed by atoms with van der Waals surface area (Å²) in [7, 11) is -3.63. The van der Waals surface area contributed by atoms with Gasteiger partial charge >= 0.3 is 0 Å². The van der Waals surface area contributed by atoms with Crippen molar-refractivity contribution < 1.29 is 8.42 Å². The van der Waals surface area contributed by atoms with Gasteiger partial charge in [-0.25, -0.2) is 8.42 Å². The molecule has 0 amide bonds. The van der Waals surface area contributed by atoms with E-state index in [1.54, 1.807) is 18.2 Å². The second-order valence-electron chi connectivity index (χ2n) is 5.91. The maximum atomic E-state index is 12.7. The van der Waals surface area contributed by atoms with E-state index in [2.05, 4.69) is 11.6 Å². The van der Waals surface area contributed by atoms with Crippen molar-refractivity contribution in [3.63, 3.8) is 0 Å². The zero-order chi connectivity index (χ0) is 17.7. The lowest BCUT2D eigenvalue weighted by Crippen LogP contribution is -2.13. The van der Waals surface area contributed by atoms with Gasteiger partial charge in [0, 0.05) is 5.56 Å².